The zero-order valence-corrected chi connectivity index (χ0v) is 9.56. The van der Waals surface area contributed by atoms with Gasteiger partial charge in [0.05, 0.1) is 5.75 Å². The first-order valence-electron chi connectivity index (χ1n) is 4.67. The molecule has 4 heteroatoms. The van der Waals surface area contributed by atoms with Crippen LogP contribution in [0.25, 0.3) is 0 Å². The Hall–Kier alpha value is -0.220. The lowest BCUT2D eigenvalue weighted by molar-refractivity contribution is -0.128. The van der Waals surface area contributed by atoms with Crippen molar-refractivity contribution in [1.82, 2.24) is 4.90 Å². The van der Waals surface area contributed by atoms with Gasteiger partial charge in [0.1, 0.15) is 0 Å². The van der Waals surface area contributed by atoms with Gasteiger partial charge in [-0.05, 0) is 19.1 Å². The fourth-order valence-corrected chi connectivity index (χ4v) is 1.62. The van der Waals surface area contributed by atoms with Crippen LogP contribution in [0, 0.1) is 0 Å². The van der Waals surface area contributed by atoms with E-state index in [-0.39, 0.29) is 11.9 Å². The third-order valence-corrected chi connectivity index (χ3v) is 3.12. The molecule has 0 bridgehead atoms. The average Bonchev–Trinajstić information content (AvgIpc) is 2.15. The first-order chi connectivity index (χ1) is 6.13. The van der Waals surface area contributed by atoms with Crippen molar-refractivity contribution in [2.24, 2.45) is 5.73 Å². The van der Waals surface area contributed by atoms with E-state index in [0.29, 0.717) is 12.3 Å². The molecule has 0 aromatic carbocycles. The molecule has 78 valence electrons. The lowest BCUT2D eigenvalue weighted by Crippen LogP contribution is -2.40. The first-order valence-corrected chi connectivity index (χ1v) is 5.82. The molecule has 13 heavy (non-hydrogen) atoms. The van der Waals surface area contributed by atoms with Crippen molar-refractivity contribution in [1.29, 1.82) is 0 Å². The quantitative estimate of drug-likeness (QED) is 0.655. The topological polar surface area (TPSA) is 46.3 Å². The summed E-state index contributed by atoms with van der Waals surface area (Å²) in [7, 11) is 1.81. The molecule has 1 unspecified atom stereocenters. The van der Waals surface area contributed by atoms with E-state index in [9.17, 15) is 4.79 Å². The molecule has 0 aliphatic carbocycles. The highest BCUT2D eigenvalue weighted by molar-refractivity contribution is 7.99. The predicted octanol–water partition coefficient (Wildman–Crippen LogP) is 0.935. The van der Waals surface area contributed by atoms with Crippen molar-refractivity contribution in [3.63, 3.8) is 0 Å². The molecule has 0 saturated heterocycles. The predicted molar refractivity (Wildman–Crippen MR) is 58.9 cm³/mol. The Labute approximate surface area is 85.0 Å². The van der Waals surface area contributed by atoms with Crippen molar-refractivity contribution >= 4 is 17.7 Å². The number of hydrogen-bond donors (Lipinski definition) is 1. The van der Waals surface area contributed by atoms with Gasteiger partial charge < -0.3 is 10.6 Å². The molecular weight excluding hydrogens is 184 g/mol. The van der Waals surface area contributed by atoms with Crippen molar-refractivity contribution in [2.75, 3.05) is 25.1 Å². The molecule has 0 radical (unpaired) electrons. The fourth-order valence-electron chi connectivity index (χ4n) is 0.810. The standard InChI is InChI=1S/C9H20N2OS/c1-4-5-13-7-9(12)11(3)8(2)6-10/h8H,4-7,10H2,1-3H3. The summed E-state index contributed by atoms with van der Waals surface area (Å²) in [4.78, 5) is 13.2. The van der Waals surface area contributed by atoms with E-state index in [1.54, 1.807) is 16.7 Å². The van der Waals surface area contributed by atoms with Crippen LogP contribution in [0.4, 0.5) is 0 Å². The summed E-state index contributed by atoms with van der Waals surface area (Å²) in [6.45, 7) is 4.60. The van der Waals surface area contributed by atoms with Crippen molar-refractivity contribution in [2.45, 2.75) is 26.3 Å². The van der Waals surface area contributed by atoms with E-state index in [1.807, 2.05) is 14.0 Å². The van der Waals surface area contributed by atoms with E-state index >= 15 is 0 Å². The Kier molecular flexibility index (Phi) is 7.09. The van der Waals surface area contributed by atoms with E-state index < -0.39 is 0 Å². The highest BCUT2D eigenvalue weighted by Crippen LogP contribution is 2.04. The first kappa shape index (κ1) is 12.8. The Balaban J connectivity index is 3.69. The largest absolute Gasteiger partial charge is 0.341 e. The zero-order chi connectivity index (χ0) is 10.3. The van der Waals surface area contributed by atoms with Crippen LogP contribution in [0.1, 0.15) is 20.3 Å². The molecule has 0 heterocycles. The van der Waals surface area contributed by atoms with Crippen LogP contribution in [-0.2, 0) is 4.79 Å². The molecule has 0 rings (SSSR count). The second kappa shape index (κ2) is 7.21. The fraction of sp³-hybridized carbons (Fsp3) is 0.889. The van der Waals surface area contributed by atoms with Crippen molar-refractivity contribution < 1.29 is 4.79 Å². The van der Waals surface area contributed by atoms with E-state index in [2.05, 4.69) is 6.92 Å². The van der Waals surface area contributed by atoms with Gasteiger partial charge in [0.25, 0.3) is 0 Å². The highest BCUT2D eigenvalue weighted by atomic mass is 32.2. The number of likely N-dealkylation sites (N-methyl/N-ethyl adjacent to an activating group) is 1. The number of hydrogen-bond acceptors (Lipinski definition) is 3. The molecule has 0 aromatic rings. The molecule has 3 nitrogen and oxygen atoms in total. The van der Waals surface area contributed by atoms with Gasteiger partial charge in [-0.25, -0.2) is 0 Å². The summed E-state index contributed by atoms with van der Waals surface area (Å²) < 4.78 is 0. The van der Waals surface area contributed by atoms with Crippen LogP contribution < -0.4 is 5.73 Å². The molecule has 1 atom stereocenters. The molecule has 0 spiro atoms. The molecule has 1 amide bonds. The summed E-state index contributed by atoms with van der Waals surface area (Å²) in [6.07, 6.45) is 1.12. The minimum absolute atomic E-state index is 0.148. The number of nitrogens with zero attached hydrogens (tertiary/aromatic N) is 1. The molecular formula is C9H20N2OS. The Morgan fingerprint density at radius 1 is 1.62 bits per heavy atom. The van der Waals surface area contributed by atoms with Gasteiger partial charge in [-0.1, -0.05) is 6.92 Å². The van der Waals surface area contributed by atoms with Crippen LogP contribution in [0.15, 0.2) is 0 Å². The summed E-state index contributed by atoms with van der Waals surface area (Å²) in [5.74, 6) is 1.81. The minimum atomic E-state index is 0.148. The van der Waals surface area contributed by atoms with Crippen LogP contribution in [-0.4, -0.2) is 41.9 Å². The molecule has 0 aliphatic rings. The van der Waals surface area contributed by atoms with Crippen LogP contribution in [0.5, 0.6) is 0 Å². The second-order valence-corrected chi connectivity index (χ2v) is 4.25. The van der Waals surface area contributed by atoms with Gasteiger partial charge in [0.2, 0.25) is 5.91 Å². The highest BCUT2D eigenvalue weighted by Gasteiger charge is 2.13. The maximum atomic E-state index is 11.5. The van der Waals surface area contributed by atoms with Gasteiger partial charge >= 0.3 is 0 Å². The van der Waals surface area contributed by atoms with Crippen LogP contribution >= 0.6 is 11.8 Å². The number of thioether (sulfide) groups is 1. The zero-order valence-electron chi connectivity index (χ0n) is 8.75. The maximum Gasteiger partial charge on any atom is 0.232 e. The number of nitrogens with two attached hydrogens (primary N) is 1. The van der Waals surface area contributed by atoms with Gasteiger partial charge in [0, 0.05) is 19.6 Å². The SMILES string of the molecule is CCCSCC(=O)N(C)C(C)CN. The summed E-state index contributed by atoms with van der Waals surface area (Å²) in [5.41, 5.74) is 5.46. The second-order valence-electron chi connectivity index (χ2n) is 3.14. The Morgan fingerprint density at radius 2 is 2.23 bits per heavy atom. The van der Waals surface area contributed by atoms with Gasteiger partial charge in [-0.3, -0.25) is 4.79 Å². The van der Waals surface area contributed by atoms with Crippen LogP contribution in [0.2, 0.25) is 0 Å². The average molecular weight is 204 g/mol. The molecule has 0 aliphatic heterocycles. The van der Waals surface area contributed by atoms with Crippen molar-refractivity contribution in [3.05, 3.63) is 0 Å². The van der Waals surface area contributed by atoms with Gasteiger partial charge in [-0.2, -0.15) is 11.8 Å². The van der Waals surface area contributed by atoms with Crippen LogP contribution in [0.3, 0.4) is 0 Å². The van der Waals surface area contributed by atoms with Crippen molar-refractivity contribution in [3.8, 4) is 0 Å². The van der Waals surface area contributed by atoms with Gasteiger partial charge in [0.15, 0.2) is 0 Å². The lowest BCUT2D eigenvalue weighted by Gasteiger charge is -2.23. The summed E-state index contributed by atoms with van der Waals surface area (Å²) in [6, 6.07) is 0.148. The number of carbonyl (C=O) groups is 1. The third kappa shape index (κ3) is 5.16. The normalized spacial score (nSPS) is 12.6. The minimum Gasteiger partial charge on any atom is -0.341 e. The number of carbonyl (C=O) groups excluding carboxylic acids is 1. The summed E-state index contributed by atoms with van der Waals surface area (Å²) >= 11 is 1.69. The lowest BCUT2D eigenvalue weighted by atomic mass is 10.3. The van der Waals surface area contributed by atoms with E-state index in [1.165, 1.54) is 0 Å². The van der Waals surface area contributed by atoms with E-state index in [0.717, 1.165) is 12.2 Å². The molecule has 0 saturated carbocycles. The molecule has 2 N–H and O–H groups in total. The number of amides is 1. The Bertz CT molecular complexity index is 153. The third-order valence-electron chi connectivity index (χ3n) is 1.97. The summed E-state index contributed by atoms with van der Waals surface area (Å²) in [5, 5.41) is 0. The molecule has 0 fully saturated rings. The maximum absolute atomic E-state index is 11.5. The number of rotatable bonds is 6. The Morgan fingerprint density at radius 3 is 2.69 bits per heavy atom. The van der Waals surface area contributed by atoms with Gasteiger partial charge in [-0.15, -0.1) is 0 Å². The molecule has 0 aromatic heterocycles. The monoisotopic (exact) mass is 204 g/mol. The van der Waals surface area contributed by atoms with E-state index in [4.69, 9.17) is 5.73 Å². The smallest absolute Gasteiger partial charge is 0.232 e.